The van der Waals surface area contributed by atoms with E-state index in [1.165, 1.54) is 14.2 Å². The molecule has 0 spiro atoms. The lowest BCUT2D eigenvalue weighted by Gasteiger charge is -2.16. The number of anilines is 2. The molecule has 27 heavy (non-hydrogen) atoms. The summed E-state index contributed by atoms with van der Waals surface area (Å²) in [5.74, 6) is 1.66. The van der Waals surface area contributed by atoms with Gasteiger partial charge in [0.25, 0.3) is 0 Å². The number of ether oxygens (including phenoxy) is 4. The summed E-state index contributed by atoms with van der Waals surface area (Å²) in [4.78, 5) is 19.1. The molecule has 9 heteroatoms. The van der Waals surface area contributed by atoms with Crippen LogP contribution in [0.25, 0.3) is 0 Å². The van der Waals surface area contributed by atoms with Gasteiger partial charge in [-0.15, -0.1) is 0 Å². The molecule has 0 aliphatic carbocycles. The van der Waals surface area contributed by atoms with Crippen molar-refractivity contribution in [1.82, 2.24) is 9.97 Å². The highest BCUT2D eigenvalue weighted by Gasteiger charge is 2.15. The van der Waals surface area contributed by atoms with Gasteiger partial charge in [-0.3, -0.25) is 4.79 Å². The highest BCUT2D eigenvalue weighted by atomic mass is 16.5. The van der Waals surface area contributed by atoms with E-state index in [1.807, 2.05) is 12.1 Å². The first kappa shape index (κ1) is 20.1. The third-order valence-corrected chi connectivity index (χ3v) is 3.83. The monoisotopic (exact) mass is 376 g/mol. The van der Waals surface area contributed by atoms with Gasteiger partial charge >= 0.3 is 5.97 Å². The van der Waals surface area contributed by atoms with Crippen LogP contribution in [0.3, 0.4) is 0 Å². The van der Waals surface area contributed by atoms with Crippen molar-refractivity contribution in [2.45, 2.75) is 19.3 Å². The number of aromatic nitrogens is 2. The van der Waals surface area contributed by atoms with E-state index in [9.17, 15) is 4.79 Å². The average molecular weight is 376 g/mol. The summed E-state index contributed by atoms with van der Waals surface area (Å²) >= 11 is 0. The maximum atomic E-state index is 11.2. The Kier molecular flexibility index (Phi) is 7.04. The van der Waals surface area contributed by atoms with Crippen LogP contribution in [0, 0.1) is 0 Å². The largest absolute Gasteiger partial charge is 0.493 e. The number of esters is 1. The molecule has 1 aromatic heterocycles. The number of rotatable bonds is 9. The number of hydrogen-bond donors (Lipinski definition) is 2. The Labute approximate surface area is 157 Å². The predicted molar refractivity (Wildman–Crippen MR) is 100.0 cm³/mol. The highest BCUT2D eigenvalue weighted by Crippen LogP contribution is 2.39. The summed E-state index contributed by atoms with van der Waals surface area (Å²) in [6.07, 6.45) is 2.84. The zero-order valence-electron chi connectivity index (χ0n) is 15.7. The van der Waals surface area contributed by atoms with Gasteiger partial charge < -0.3 is 30.4 Å². The highest BCUT2D eigenvalue weighted by molar-refractivity contribution is 5.69. The van der Waals surface area contributed by atoms with Crippen molar-refractivity contribution < 1.29 is 23.7 Å². The van der Waals surface area contributed by atoms with Crippen molar-refractivity contribution >= 4 is 17.7 Å². The van der Waals surface area contributed by atoms with Crippen LogP contribution < -0.4 is 25.7 Å². The molecule has 0 unspecified atom stereocenters. The average Bonchev–Trinajstić information content (AvgIpc) is 2.66. The van der Waals surface area contributed by atoms with Gasteiger partial charge in [-0.25, -0.2) is 4.98 Å². The Morgan fingerprint density at radius 1 is 1.11 bits per heavy atom. The van der Waals surface area contributed by atoms with E-state index < -0.39 is 0 Å². The van der Waals surface area contributed by atoms with Gasteiger partial charge in [0.2, 0.25) is 11.7 Å². The molecule has 0 aliphatic heterocycles. The van der Waals surface area contributed by atoms with Crippen LogP contribution in [0.4, 0.5) is 11.8 Å². The van der Waals surface area contributed by atoms with Crippen molar-refractivity contribution in [3.8, 4) is 17.2 Å². The molecule has 2 aromatic rings. The SMILES string of the molecule is COC(=O)CCCOc1cc(Cc2cnc(N)nc2N)cc(OC)c1OC. The molecular weight excluding hydrogens is 352 g/mol. The van der Waals surface area contributed by atoms with Crippen LogP contribution in [0.1, 0.15) is 24.0 Å². The normalized spacial score (nSPS) is 10.3. The molecule has 0 radical (unpaired) electrons. The molecule has 0 saturated heterocycles. The van der Waals surface area contributed by atoms with Crippen LogP contribution in [0.2, 0.25) is 0 Å². The molecule has 146 valence electrons. The standard InChI is InChI=1S/C18H24N4O5/c1-24-13-8-11(7-12-10-21-18(20)22-17(12)19)9-14(16(13)26-3)27-6-4-5-15(23)25-2/h8-10H,4-7H2,1-3H3,(H4,19,20,21,22). The first-order chi connectivity index (χ1) is 13.0. The quantitative estimate of drug-likeness (QED) is 0.494. The zero-order valence-corrected chi connectivity index (χ0v) is 15.7. The van der Waals surface area contributed by atoms with Gasteiger partial charge in [-0.05, 0) is 24.1 Å². The minimum absolute atomic E-state index is 0.123. The third kappa shape index (κ3) is 5.37. The van der Waals surface area contributed by atoms with Gasteiger partial charge in [-0.1, -0.05) is 0 Å². The van der Waals surface area contributed by atoms with E-state index >= 15 is 0 Å². The Hall–Kier alpha value is -3.23. The molecule has 1 heterocycles. The van der Waals surface area contributed by atoms with Crippen molar-refractivity contribution in [3.63, 3.8) is 0 Å². The number of hydrogen-bond acceptors (Lipinski definition) is 9. The number of benzene rings is 1. The Balaban J connectivity index is 2.21. The van der Waals surface area contributed by atoms with Gasteiger partial charge in [0.05, 0.1) is 27.9 Å². The summed E-state index contributed by atoms with van der Waals surface area (Å²) in [7, 11) is 4.43. The summed E-state index contributed by atoms with van der Waals surface area (Å²) in [5, 5.41) is 0. The first-order valence-corrected chi connectivity index (χ1v) is 8.29. The Bertz CT molecular complexity index is 798. The maximum Gasteiger partial charge on any atom is 0.305 e. The second kappa shape index (κ2) is 9.46. The molecule has 2 rings (SSSR count). The lowest BCUT2D eigenvalue weighted by Crippen LogP contribution is -2.07. The number of nitrogens with zero attached hydrogens (tertiary/aromatic N) is 2. The first-order valence-electron chi connectivity index (χ1n) is 8.29. The molecule has 0 saturated carbocycles. The topological polar surface area (TPSA) is 132 Å². The second-order valence-corrected chi connectivity index (χ2v) is 5.67. The zero-order chi connectivity index (χ0) is 19.8. The predicted octanol–water partition coefficient (Wildman–Crippen LogP) is 1.58. The summed E-state index contributed by atoms with van der Waals surface area (Å²) in [6.45, 7) is 0.325. The summed E-state index contributed by atoms with van der Waals surface area (Å²) in [5.41, 5.74) is 13.0. The minimum atomic E-state index is -0.282. The fraction of sp³-hybridized carbons (Fsp3) is 0.389. The third-order valence-electron chi connectivity index (χ3n) is 3.83. The van der Waals surface area contributed by atoms with Crippen molar-refractivity contribution in [2.75, 3.05) is 39.4 Å². The maximum absolute atomic E-state index is 11.2. The number of methoxy groups -OCH3 is 3. The molecule has 1 aromatic carbocycles. The molecule has 0 fully saturated rings. The van der Waals surface area contributed by atoms with Crippen LogP contribution in [0.5, 0.6) is 17.2 Å². The van der Waals surface area contributed by atoms with Crippen LogP contribution >= 0.6 is 0 Å². The molecular formula is C18H24N4O5. The van der Waals surface area contributed by atoms with E-state index in [-0.39, 0.29) is 18.3 Å². The number of nitrogen functional groups attached to an aromatic ring is 2. The van der Waals surface area contributed by atoms with E-state index in [0.29, 0.717) is 42.5 Å². The van der Waals surface area contributed by atoms with Crippen LogP contribution in [-0.4, -0.2) is 43.9 Å². The Morgan fingerprint density at radius 2 is 1.85 bits per heavy atom. The smallest absolute Gasteiger partial charge is 0.305 e. The van der Waals surface area contributed by atoms with Crippen molar-refractivity contribution in [2.24, 2.45) is 0 Å². The lowest BCUT2D eigenvalue weighted by atomic mass is 10.1. The summed E-state index contributed by atoms with van der Waals surface area (Å²) in [6, 6.07) is 3.66. The van der Waals surface area contributed by atoms with Gasteiger partial charge in [0, 0.05) is 24.6 Å². The van der Waals surface area contributed by atoms with E-state index in [0.717, 1.165) is 11.1 Å². The fourth-order valence-electron chi connectivity index (χ4n) is 2.48. The van der Waals surface area contributed by atoms with Crippen molar-refractivity contribution in [1.29, 1.82) is 0 Å². The van der Waals surface area contributed by atoms with E-state index in [1.54, 1.807) is 13.3 Å². The number of nitrogens with two attached hydrogens (primary N) is 2. The molecule has 0 atom stereocenters. The van der Waals surface area contributed by atoms with Crippen molar-refractivity contribution in [3.05, 3.63) is 29.5 Å². The number of carbonyl (C=O) groups excluding carboxylic acids is 1. The van der Waals surface area contributed by atoms with E-state index in [4.69, 9.17) is 25.7 Å². The van der Waals surface area contributed by atoms with E-state index in [2.05, 4.69) is 14.7 Å². The molecule has 9 nitrogen and oxygen atoms in total. The lowest BCUT2D eigenvalue weighted by molar-refractivity contribution is -0.140. The van der Waals surface area contributed by atoms with Gasteiger partial charge in [0.1, 0.15) is 5.82 Å². The minimum Gasteiger partial charge on any atom is -0.493 e. The van der Waals surface area contributed by atoms with Crippen LogP contribution in [0.15, 0.2) is 18.3 Å². The molecule has 4 N–H and O–H groups in total. The second-order valence-electron chi connectivity index (χ2n) is 5.67. The van der Waals surface area contributed by atoms with Gasteiger partial charge in [0.15, 0.2) is 11.5 Å². The molecule has 0 bridgehead atoms. The molecule has 0 aliphatic rings. The fourth-order valence-corrected chi connectivity index (χ4v) is 2.48. The molecule has 0 amide bonds. The van der Waals surface area contributed by atoms with Gasteiger partial charge in [-0.2, -0.15) is 4.98 Å². The Morgan fingerprint density at radius 3 is 2.48 bits per heavy atom. The summed E-state index contributed by atoms with van der Waals surface area (Å²) < 4.78 is 21.2. The number of carbonyl (C=O) groups is 1. The van der Waals surface area contributed by atoms with Crippen LogP contribution in [-0.2, 0) is 16.0 Å².